The summed E-state index contributed by atoms with van der Waals surface area (Å²) in [4.78, 5) is 11.6. The third-order valence-electron chi connectivity index (χ3n) is 2.68. The van der Waals surface area contributed by atoms with Crippen LogP contribution >= 0.6 is 0 Å². The standard InChI is InChI=1S/C14H17F3O/c1-10(2)3-8-13(18)9-11-4-6-12(7-5-11)14(15,16)17/h4-7,10H,3,8-9H2,1-2H3. The lowest BCUT2D eigenvalue weighted by atomic mass is 10.0. The Morgan fingerprint density at radius 1 is 1.17 bits per heavy atom. The largest absolute Gasteiger partial charge is 0.416 e. The van der Waals surface area contributed by atoms with Crippen LogP contribution in [0.25, 0.3) is 0 Å². The maximum absolute atomic E-state index is 12.3. The first-order valence-corrected chi connectivity index (χ1v) is 5.97. The molecule has 0 bridgehead atoms. The molecule has 4 heteroatoms. The molecule has 0 aliphatic carbocycles. The van der Waals surface area contributed by atoms with Gasteiger partial charge in [0.2, 0.25) is 0 Å². The molecule has 0 aliphatic rings. The number of alkyl halides is 3. The predicted octanol–water partition coefficient (Wildman–Crippen LogP) is 4.25. The number of carbonyl (C=O) groups is 1. The fraction of sp³-hybridized carbons (Fsp3) is 0.500. The number of ketones is 1. The Hall–Kier alpha value is -1.32. The van der Waals surface area contributed by atoms with E-state index in [4.69, 9.17) is 0 Å². The van der Waals surface area contributed by atoms with Gasteiger partial charge in [0.05, 0.1) is 5.56 Å². The quantitative estimate of drug-likeness (QED) is 0.771. The summed E-state index contributed by atoms with van der Waals surface area (Å²) in [6.45, 7) is 4.07. The first kappa shape index (κ1) is 14.7. The minimum Gasteiger partial charge on any atom is -0.299 e. The van der Waals surface area contributed by atoms with Gasteiger partial charge in [0.15, 0.2) is 0 Å². The highest BCUT2D eigenvalue weighted by Crippen LogP contribution is 2.29. The molecule has 0 aromatic heterocycles. The van der Waals surface area contributed by atoms with E-state index < -0.39 is 11.7 Å². The van der Waals surface area contributed by atoms with E-state index in [0.29, 0.717) is 17.9 Å². The zero-order valence-corrected chi connectivity index (χ0v) is 10.6. The number of halogens is 3. The van der Waals surface area contributed by atoms with Crippen molar-refractivity contribution in [3.63, 3.8) is 0 Å². The van der Waals surface area contributed by atoms with E-state index in [1.807, 2.05) is 13.8 Å². The molecule has 18 heavy (non-hydrogen) atoms. The summed E-state index contributed by atoms with van der Waals surface area (Å²) >= 11 is 0. The molecule has 0 amide bonds. The maximum Gasteiger partial charge on any atom is 0.416 e. The SMILES string of the molecule is CC(C)CCC(=O)Cc1ccc(C(F)(F)F)cc1. The average molecular weight is 258 g/mol. The molecule has 0 unspecified atom stereocenters. The number of hydrogen-bond donors (Lipinski definition) is 0. The second-order valence-corrected chi connectivity index (χ2v) is 4.84. The van der Waals surface area contributed by atoms with Crippen LogP contribution in [0.4, 0.5) is 13.2 Å². The van der Waals surface area contributed by atoms with Crippen LogP contribution in [0.3, 0.4) is 0 Å². The van der Waals surface area contributed by atoms with E-state index in [-0.39, 0.29) is 12.2 Å². The van der Waals surface area contributed by atoms with E-state index in [0.717, 1.165) is 18.6 Å². The van der Waals surface area contributed by atoms with Crippen molar-refractivity contribution in [3.05, 3.63) is 35.4 Å². The van der Waals surface area contributed by atoms with Gasteiger partial charge in [-0.05, 0) is 30.0 Å². The fourth-order valence-corrected chi connectivity index (χ4v) is 1.58. The van der Waals surface area contributed by atoms with Crippen LogP contribution in [0.1, 0.15) is 37.8 Å². The highest BCUT2D eigenvalue weighted by Gasteiger charge is 2.29. The van der Waals surface area contributed by atoms with Gasteiger partial charge in [-0.15, -0.1) is 0 Å². The minimum atomic E-state index is -4.32. The highest BCUT2D eigenvalue weighted by atomic mass is 19.4. The summed E-state index contributed by atoms with van der Waals surface area (Å²) in [5, 5.41) is 0. The number of Topliss-reactive ketones (excluding diaryl/α,β-unsaturated/α-hetero) is 1. The van der Waals surface area contributed by atoms with Gasteiger partial charge in [0, 0.05) is 12.8 Å². The lowest BCUT2D eigenvalue weighted by Crippen LogP contribution is -2.07. The van der Waals surface area contributed by atoms with Crippen LogP contribution in [0, 0.1) is 5.92 Å². The smallest absolute Gasteiger partial charge is 0.299 e. The number of hydrogen-bond acceptors (Lipinski definition) is 1. The Morgan fingerprint density at radius 2 is 1.72 bits per heavy atom. The van der Waals surface area contributed by atoms with E-state index in [9.17, 15) is 18.0 Å². The number of rotatable bonds is 5. The fourth-order valence-electron chi connectivity index (χ4n) is 1.58. The third-order valence-corrected chi connectivity index (χ3v) is 2.68. The van der Waals surface area contributed by atoms with E-state index in [1.165, 1.54) is 12.1 Å². The Kier molecular flexibility index (Phi) is 4.93. The number of benzene rings is 1. The van der Waals surface area contributed by atoms with Crippen LogP contribution in [-0.4, -0.2) is 5.78 Å². The highest BCUT2D eigenvalue weighted by molar-refractivity contribution is 5.80. The summed E-state index contributed by atoms with van der Waals surface area (Å²) < 4.78 is 37.0. The molecular weight excluding hydrogens is 241 g/mol. The van der Waals surface area contributed by atoms with Gasteiger partial charge in [-0.1, -0.05) is 26.0 Å². The summed E-state index contributed by atoms with van der Waals surface area (Å²) in [6, 6.07) is 4.78. The lowest BCUT2D eigenvalue weighted by Gasteiger charge is -2.07. The van der Waals surface area contributed by atoms with Gasteiger partial charge < -0.3 is 0 Å². The van der Waals surface area contributed by atoms with Crippen LogP contribution in [0.2, 0.25) is 0 Å². The van der Waals surface area contributed by atoms with Crippen molar-refractivity contribution in [2.45, 2.75) is 39.3 Å². The molecule has 1 aromatic carbocycles. The molecule has 0 saturated carbocycles. The van der Waals surface area contributed by atoms with Crippen molar-refractivity contribution in [1.82, 2.24) is 0 Å². The molecule has 0 saturated heterocycles. The van der Waals surface area contributed by atoms with Crippen molar-refractivity contribution in [3.8, 4) is 0 Å². The van der Waals surface area contributed by atoms with Gasteiger partial charge in [0.25, 0.3) is 0 Å². The minimum absolute atomic E-state index is 0.0726. The Labute approximate surface area is 105 Å². The van der Waals surface area contributed by atoms with E-state index >= 15 is 0 Å². The van der Waals surface area contributed by atoms with Crippen LogP contribution < -0.4 is 0 Å². The predicted molar refractivity (Wildman–Crippen MR) is 64.2 cm³/mol. The molecule has 0 N–H and O–H groups in total. The maximum atomic E-state index is 12.3. The zero-order valence-electron chi connectivity index (χ0n) is 10.6. The Morgan fingerprint density at radius 3 is 2.17 bits per heavy atom. The van der Waals surface area contributed by atoms with Crippen LogP contribution in [0.15, 0.2) is 24.3 Å². The second kappa shape index (κ2) is 6.03. The van der Waals surface area contributed by atoms with Crippen molar-refractivity contribution >= 4 is 5.78 Å². The molecule has 1 aromatic rings. The molecule has 1 rings (SSSR count). The first-order valence-electron chi connectivity index (χ1n) is 5.97. The average Bonchev–Trinajstić information content (AvgIpc) is 2.26. The van der Waals surface area contributed by atoms with Gasteiger partial charge >= 0.3 is 6.18 Å². The van der Waals surface area contributed by atoms with Gasteiger partial charge in [-0.25, -0.2) is 0 Å². The summed E-state index contributed by atoms with van der Waals surface area (Å²) in [6.07, 6.45) is -2.80. The Balaban J connectivity index is 2.56. The van der Waals surface area contributed by atoms with Gasteiger partial charge in [0.1, 0.15) is 5.78 Å². The summed E-state index contributed by atoms with van der Waals surface area (Å²) in [5.74, 6) is 0.532. The topological polar surface area (TPSA) is 17.1 Å². The molecule has 0 spiro atoms. The third kappa shape index (κ3) is 4.90. The van der Waals surface area contributed by atoms with Crippen molar-refractivity contribution in [2.75, 3.05) is 0 Å². The van der Waals surface area contributed by atoms with Crippen molar-refractivity contribution in [2.24, 2.45) is 5.92 Å². The first-order chi connectivity index (χ1) is 8.29. The summed E-state index contributed by atoms with van der Waals surface area (Å²) in [5.41, 5.74) is -0.0439. The van der Waals surface area contributed by atoms with Crippen molar-refractivity contribution < 1.29 is 18.0 Å². The van der Waals surface area contributed by atoms with Crippen molar-refractivity contribution in [1.29, 1.82) is 0 Å². The normalized spacial score (nSPS) is 11.9. The molecular formula is C14H17F3O. The Bertz CT molecular complexity index is 390. The van der Waals surface area contributed by atoms with Gasteiger partial charge in [-0.2, -0.15) is 13.2 Å². The van der Waals surface area contributed by atoms with Gasteiger partial charge in [-0.3, -0.25) is 4.79 Å². The molecule has 100 valence electrons. The molecule has 0 atom stereocenters. The van der Waals surface area contributed by atoms with E-state index in [2.05, 4.69) is 0 Å². The lowest BCUT2D eigenvalue weighted by molar-refractivity contribution is -0.137. The van der Waals surface area contributed by atoms with Crippen LogP contribution in [-0.2, 0) is 17.4 Å². The zero-order chi connectivity index (χ0) is 13.8. The molecule has 0 aliphatic heterocycles. The van der Waals surface area contributed by atoms with E-state index in [1.54, 1.807) is 0 Å². The molecule has 0 radical (unpaired) electrons. The monoisotopic (exact) mass is 258 g/mol. The molecule has 0 heterocycles. The van der Waals surface area contributed by atoms with Crippen LogP contribution in [0.5, 0.6) is 0 Å². The summed E-state index contributed by atoms with van der Waals surface area (Å²) in [7, 11) is 0. The molecule has 1 nitrogen and oxygen atoms in total. The second-order valence-electron chi connectivity index (χ2n) is 4.84. The number of carbonyl (C=O) groups excluding carboxylic acids is 1. The molecule has 0 fully saturated rings.